The molecule has 0 spiro atoms. The molecule has 4 heteroatoms. The van der Waals surface area contributed by atoms with Gasteiger partial charge in [-0.15, -0.1) is 0 Å². The molecule has 0 aromatic heterocycles. The number of rotatable bonds is 3. The summed E-state index contributed by atoms with van der Waals surface area (Å²) in [7, 11) is 0. The van der Waals surface area contributed by atoms with E-state index in [1.165, 1.54) is 0 Å². The van der Waals surface area contributed by atoms with Gasteiger partial charge in [0, 0.05) is 26.2 Å². The molecule has 0 aromatic carbocycles. The second-order valence-corrected chi connectivity index (χ2v) is 3.50. The smallest absolute Gasteiger partial charge is 0.191 e. The Morgan fingerprint density at radius 2 is 2.36 bits per heavy atom. The van der Waals surface area contributed by atoms with Crippen molar-refractivity contribution in [2.75, 3.05) is 26.2 Å². The number of likely N-dealkylation sites (tertiary alicyclic amines) is 1. The van der Waals surface area contributed by atoms with Gasteiger partial charge in [0.2, 0.25) is 0 Å². The van der Waals surface area contributed by atoms with E-state index in [-0.39, 0.29) is 0 Å². The number of aliphatic imine (C=N–C) groups is 1. The van der Waals surface area contributed by atoms with Crippen LogP contribution < -0.4 is 5.73 Å². The highest BCUT2D eigenvalue weighted by Gasteiger charge is 2.20. The van der Waals surface area contributed by atoms with E-state index >= 15 is 0 Å². The summed E-state index contributed by atoms with van der Waals surface area (Å²) < 4.78 is 5.59. The summed E-state index contributed by atoms with van der Waals surface area (Å²) in [5, 5.41) is 0. The van der Waals surface area contributed by atoms with E-state index in [1.807, 2.05) is 13.8 Å². The molecule has 14 heavy (non-hydrogen) atoms. The Kier molecular flexibility index (Phi) is 4.73. The number of piperidine rings is 1. The Balaban J connectivity index is 2.43. The Labute approximate surface area is 86.1 Å². The molecule has 4 nitrogen and oxygen atoms in total. The molecule has 82 valence electrons. The lowest BCUT2D eigenvalue weighted by Crippen LogP contribution is -2.46. The van der Waals surface area contributed by atoms with Gasteiger partial charge in [0.1, 0.15) is 0 Å². The van der Waals surface area contributed by atoms with Crippen molar-refractivity contribution in [1.82, 2.24) is 4.90 Å². The topological polar surface area (TPSA) is 50.8 Å². The average molecular weight is 199 g/mol. The van der Waals surface area contributed by atoms with Crippen LogP contribution in [-0.2, 0) is 4.74 Å². The van der Waals surface area contributed by atoms with Gasteiger partial charge >= 0.3 is 0 Å². The highest BCUT2D eigenvalue weighted by Crippen LogP contribution is 2.12. The summed E-state index contributed by atoms with van der Waals surface area (Å²) in [6, 6.07) is 0. The molecule has 0 amide bonds. The largest absolute Gasteiger partial charge is 0.377 e. The van der Waals surface area contributed by atoms with Crippen LogP contribution in [0.1, 0.15) is 26.7 Å². The maximum Gasteiger partial charge on any atom is 0.191 e. The molecule has 0 radical (unpaired) electrons. The molecule has 0 saturated carbocycles. The molecule has 1 heterocycles. The summed E-state index contributed by atoms with van der Waals surface area (Å²) in [6.45, 7) is 7.46. The third-order valence-corrected chi connectivity index (χ3v) is 2.42. The van der Waals surface area contributed by atoms with Crippen LogP contribution >= 0.6 is 0 Å². The standard InChI is InChI=1S/C10H21N3O/c1-3-12-10(11)13-7-5-6-9(8-13)14-4-2/h9H,3-8H2,1-2H3,(H2,11,12). The highest BCUT2D eigenvalue weighted by molar-refractivity contribution is 5.78. The summed E-state index contributed by atoms with van der Waals surface area (Å²) in [4.78, 5) is 6.33. The molecule has 0 aromatic rings. The van der Waals surface area contributed by atoms with Gasteiger partial charge in [-0.05, 0) is 26.7 Å². The van der Waals surface area contributed by atoms with E-state index in [4.69, 9.17) is 10.5 Å². The van der Waals surface area contributed by atoms with Crippen LogP contribution in [0.25, 0.3) is 0 Å². The van der Waals surface area contributed by atoms with Crippen molar-refractivity contribution in [3.05, 3.63) is 0 Å². The maximum absolute atomic E-state index is 5.84. The van der Waals surface area contributed by atoms with Gasteiger partial charge in [-0.3, -0.25) is 4.99 Å². The molecule has 1 atom stereocenters. The first kappa shape index (κ1) is 11.3. The van der Waals surface area contributed by atoms with Crippen LogP contribution in [0.3, 0.4) is 0 Å². The van der Waals surface area contributed by atoms with Crippen molar-refractivity contribution in [3.63, 3.8) is 0 Å². The van der Waals surface area contributed by atoms with E-state index in [9.17, 15) is 0 Å². The Morgan fingerprint density at radius 3 is 3.00 bits per heavy atom. The minimum absolute atomic E-state index is 0.333. The van der Waals surface area contributed by atoms with E-state index < -0.39 is 0 Å². The highest BCUT2D eigenvalue weighted by atomic mass is 16.5. The van der Waals surface area contributed by atoms with Crippen molar-refractivity contribution >= 4 is 5.96 Å². The molecule has 1 rings (SSSR count). The van der Waals surface area contributed by atoms with Crippen LogP contribution in [0.4, 0.5) is 0 Å². The minimum atomic E-state index is 0.333. The van der Waals surface area contributed by atoms with Gasteiger partial charge < -0.3 is 15.4 Å². The maximum atomic E-state index is 5.84. The molecule has 0 aliphatic carbocycles. The first-order valence-electron chi connectivity index (χ1n) is 5.44. The zero-order chi connectivity index (χ0) is 10.4. The third kappa shape index (κ3) is 3.18. The SMILES string of the molecule is CCN=C(N)N1CCCC(OCC)C1. The number of hydrogen-bond donors (Lipinski definition) is 1. The molecular weight excluding hydrogens is 178 g/mol. The first-order valence-corrected chi connectivity index (χ1v) is 5.44. The van der Waals surface area contributed by atoms with Crippen molar-refractivity contribution in [3.8, 4) is 0 Å². The lowest BCUT2D eigenvalue weighted by atomic mass is 10.1. The predicted octanol–water partition coefficient (Wildman–Crippen LogP) is 0.822. The van der Waals surface area contributed by atoms with Gasteiger partial charge in [-0.1, -0.05) is 0 Å². The lowest BCUT2D eigenvalue weighted by molar-refractivity contribution is 0.0232. The fourth-order valence-corrected chi connectivity index (χ4v) is 1.78. The van der Waals surface area contributed by atoms with Gasteiger partial charge in [0.25, 0.3) is 0 Å². The van der Waals surface area contributed by atoms with E-state index in [0.29, 0.717) is 12.1 Å². The summed E-state index contributed by atoms with van der Waals surface area (Å²) >= 11 is 0. The average Bonchev–Trinajstić information content (AvgIpc) is 2.19. The minimum Gasteiger partial charge on any atom is -0.377 e. The second kappa shape index (κ2) is 5.86. The fourth-order valence-electron chi connectivity index (χ4n) is 1.78. The molecule has 0 bridgehead atoms. The van der Waals surface area contributed by atoms with Crippen molar-refractivity contribution in [2.45, 2.75) is 32.8 Å². The van der Waals surface area contributed by atoms with Crippen molar-refractivity contribution < 1.29 is 4.74 Å². The summed E-state index contributed by atoms with van der Waals surface area (Å²) in [5.41, 5.74) is 5.84. The number of ether oxygens (including phenoxy) is 1. The molecule has 1 unspecified atom stereocenters. The Bertz CT molecular complexity index is 192. The zero-order valence-corrected chi connectivity index (χ0v) is 9.20. The fraction of sp³-hybridized carbons (Fsp3) is 0.900. The van der Waals surface area contributed by atoms with Crippen LogP contribution in [0.2, 0.25) is 0 Å². The first-order chi connectivity index (χ1) is 6.77. The monoisotopic (exact) mass is 199 g/mol. The zero-order valence-electron chi connectivity index (χ0n) is 9.20. The summed E-state index contributed by atoms with van der Waals surface area (Å²) in [5.74, 6) is 0.664. The van der Waals surface area contributed by atoms with Gasteiger partial charge in [-0.25, -0.2) is 0 Å². The van der Waals surface area contributed by atoms with Crippen LogP contribution in [0, 0.1) is 0 Å². The normalized spacial score (nSPS) is 24.0. The third-order valence-electron chi connectivity index (χ3n) is 2.42. The predicted molar refractivity (Wildman–Crippen MR) is 58.4 cm³/mol. The Hall–Kier alpha value is -0.770. The second-order valence-electron chi connectivity index (χ2n) is 3.50. The van der Waals surface area contributed by atoms with Gasteiger partial charge in [0.15, 0.2) is 5.96 Å². The van der Waals surface area contributed by atoms with Gasteiger partial charge in [-0.2, -0.15) is 0 Å². The van der Waals surface area contributed by atoms with Crippen LogP contribution in [0.15, 0.2) is 4.99 Å². The molecule has 1 saturated heterocycles. The van der Waals surface area contributed by atoms with Crippen LogP contribution in [-0.4, -0.2) is 43.2 Å². The van der Waals surface area contributed by atoms with E-state index in [2.05, 4.69) is 9.89 Å². The van der Waals surface area contributed by atoms with Crippen molar-refractivity contribution in [1.29, 1.82) is 0 Å². The van der Waals surface area contributed by atoms with Gasteiger partial charge in [0.05, 0.1) is 6.10 Å². The number of nitrogens with zero attached hydrogens (tertiary/aromatic N) is 2. The quantitative estimate of drug-likeness (QED) is 0.541. The molecule has 1 aliphatic heterocycles. The molecule has 1 fully saturated rings. The lowest BCUT2D eigenvalue weighted by Gasteiger charge is -2.33. The molecule has 2 N–H and O–H groups in total. The van der Waals surface area contributed by atoms with E-state index in [0.717, 1.165) is 39.1 Å². The van der Waals surface area contributed by atoms with Crippen LogP contribution in [0.5, 0.6) is 0 Å². The molecular formula is C10H21N3O. The van der Waals surface area contributed by atoms with Crippen molar-refractivity contribution in [2.24, 2.45) is 10.7 Å². The number of guanidine groups is 1. The van der Waals surface area contributed by atoms with E-state index in [1.54, 1.807) is 0 Å². The number of hydrogen-bond acceptors (Lipinski definition) is 2. The Morgan fingerprint density at radius 1 is 1.57 bits per heavy atom. The molecule has 1 aliphatic rings. The number of nitrogens with two attached hydrogens (primary N) is 1. The summed E-state index contributed by atoms with van der Waals surface area (Å²) in [6.07, 6.45) is 2.62.